The fourth-order valence-electron chi connectivity index (χ4n) is 2.33. The molecule has 21 heavy (non-hydrogen) atoms. The molecule has 0 saturated carbocycles. The monoisotopic (exact) mass is 293 g/mol. The van der Waals surface area contributed by atoms with Gasteiger partial charge in [-0.05, 0) is 18.1 Å². The molecule has 0 amide bonds. The van der Waals surface area contributed by atoms with Gasteiger partial charge in [0.25, 0.3) is 0 Å². The molecule has 2 aromatic carbocycles. The molecule has 2 aromatic rings. The molecule has 0 saturated heterocycles. The standard InChI is InChI=1S/C17H18F3N/c1-13(14-8-4-2-5-9-14)21-16(12-17(18,19)20)15-10-6-3-7-11-15/h2-11,13,16,21H,12H2,1H3/t13-,16?/m0/s1. The van der Waals surface area contributed by atoms with Crippen LogP contribution in [0.4, 0.5) is 13.2 Å². The summed E-state index contributed by atoms with van der Waals surface area (Å²) in [5, 5.41) is 3.09. The molecule has 2 atom stereocenters. The molecule has 0 fully saturated rings. The van der Waals surface area contributed by atoms with Crippen molar-refractivity contribution in [1.29, 1.82) is 0 Å². The molecule has 1 nitrogen and oxygen atoms in total. The van der Waals surface area contributed by atoms with Crippen molar-refractivity contribution in [3.63, 3.8) is 0 Å². The maximum Gasteiger partial charge on any atom is 0.390 e. The zero-order valence-corrected chi connectivity index (χ0v) is 11.8. The first-order chi connectivity index (χ1) is 9.96. The zero-order chi connectivity index (χ0) is 15.3. The van der Waals surface area contributed by atoms with Crippen LogP contribution in [-0.4, -0.2) is 6.18 Å². The van der Waals surface area contributed by atoms with Crippen molar-refractivity contribution in [2.24, 2.45) is 0 Å². The van der Waals surface area contributed by atoms with E-state index in [2.05, 4.69) is 5.32 Å². The Morgan fingerprint density at radius 3 is 1.81 bits per heavy atom. The van der Waals surface area contributed by atoms with Crippen LogP contribution in [-0.2, 0) is 0 Å². The summed E-state index contributed by atoms with van der Waals surface area (Å²) in [5.74, 6) is 0. The lowest BCUT2D eigenvalue weighted by atomic mass is 10.0. The van der Waals surface area contributed by atoms with Crippen LogP contribution in [0.3, 0.4) is 0 Å². The summed E-state index contributed by atoms with van der Waals surface area (Å²) in [6.07, 6.45) is -5.09. The Labute approximate surface area is 122 Å². The molecule has 4 heteroatoms. The maximum atomic E-state index is 12.8. The van der Waals surface area contributed by atoms with Gasteiger partial charge in [0.2, 0.25) is 0 Å². The summed E-state index contributed by atoms with van der Waals surface area (Å²) in [7, 11) is 0. The molecule has 0 aliphatic rings. The molecule has 0 bridgehead atoms. The van der Waals surface area contributed by atoms with Gasteiger partial charge in [0.05, 0.1) is 6.42 Å². The Morgan fingerprint density at radius 2 is 1.33 bits per heavy atom. The van der Waals surface area contributed by atoms with E-state index in [0.29, 0.717) is 5.56 Å². The summed E-state index contributed by atoms with van der Waals surface area (Å²) in [6.45, 7) is 1.88. The fourth-order valence-corrected chi connectivity index (χ4v) is 2.33. The van der Waals surface area contributed by atoms with Gasteiger partial charge in [-0.15, -0.1) is 0 Å². The van der Waals surface area contributed by atoms with Crippen molar-refractivity contribution in [3.05, 3.63) is 71.8 Å². The van der Waals surface area contributed by atoms with Crippen molar-refractivity contribution in [2.75, 3.05) is 0 Å². The largest absolute Gasteiger partial charge is 0.390 e. The second kappa shape index (κ2) is 6.76. The predicted octanol–water partition coefficient (Wildman–Crippen LogP) is 5.03. The van der Waals surface area contributed by atoms with Crippen LogP contribution in [0.15, 0.2) is 60.7 Å². The van der Waals surface area contributed by atoms with E-state index < -0.39 is 18.6 Å². The van der Waals surface area contributed by atoms with Crippen LogP contribution in [0.2, 0.25) is 0 Å². The van der Waals surface area contributed by atoms with Gasteiger partial charge in [0.1, 0.15) is 0 Å². The lowest BCUT2D eigenvalue weighted by Gasteiger charge is -2.25. The molecular weight excluding hydrogens is 275 g/mol. The number of rotatable bonds is 5. The summed E-state index contributed by atoms with van der Waals surface area (Å²) in [4.78, 5) is 0. The van der Waals surface area contributed by atoms with Gasteiger partial charge >= 0.3 is 6.18 Å². The highest BCUT2D eigenvalue weighted by molar-refractivity contribution is 5.22. The molecule has 112 valence electrons. The third-order valence-corrected chi connectivity index (χ3v) is 3.39. The summed E-state index contributed by atoms with van der Waals surface area (Å²) in [6, 6.07) is 17.3. The van der Waals surface area contributed by atoms with Gasteiger partial charge in [-0.25, -0.2) is 0 Å². The second-order valence-electron chi connectivity index (χ2n) is 5.08. The zero-order valence-electron chi connectivity index (χ0n) is 11.8. The van der Waals surface area contributed by atoms with Crippen molar-refractivity contribution in [1.82, 2.24) is 5.32 Å². The van der Waals surface area contributed by atoms with Crippen LogP contribution < -0.4 is 5.32 Å². The number of nitrogens with one attached hydrogen (secondary N) is 1. The molecule has 1 unspecified atom stereocenters. The number of hydrogen-bond donors (Lipinski definition) is 1. The van der Waals surface area contributed by atoms with Crippen LogP contribution >= 0.6 is 0 Å². The van der Waals surface area contributed by atoms with E-state index in [-0.39, 0.29) is 6.04 Å². The first-order valence-electron chi connectivity index (χ1n) is 6.88. The predicted molar refractivity (Wildman–Crippen MR) is 77.8 cm³/mol. The number of alkyl halides is 3. The van der Waals surface area contributed by atoms with Crippen molar-refractivity contribution >= 4 is 0 Å². The summed E-state index contributed by atoms with van der Waals surface area (Å²) in [5.41, 5.74) is 1.62. The third kappa shape index (κ3) is 4.90. The van der Waals surface area contributed by atoms with E-state index >= 15 is 0 Å². The fraction of sp³-hybridized carbons (Fsp3) is 0.294. The lowest BCUT2D eigenvalue weighted by Crippen LogP contribution is -2.29. The van der Waals surface area contributed by atoms with E-state index in [1.165, 1.54) is 0 Å². The Morgan fingerprint density at radius 1 is 0.857 bits per heavy atom. The topological polar surface area (TPSA) is 12.0 Å². The molecule has 0 aromatic heterocycles. The molecule has 0 aliphatic carbocycles. The van der Waals surface area contributed by atoms with Gasteiger partial charge in [-0.2, -0.15) is 13.2 Å². The third-order valence-electron chi connectivity index (χ3n) is 3.39. The maximum absolute atomic E-state index is 12.8. The quantitative estimate of drug-likeness (QED) is 0.815. The van der Waals surface area contributed by atoms with Gasteiger partial charge in [0.15, 0.2) is 0 Å². The molecule has 1 N–H and O–H groups in total. The minimum atomic E-state index is -4.20. The summed E-state index contributed by atoms with van der Waals surface area (Å²) < 4.78 is 38.4. The van der Waals surface area contributed by atoms with E-state index in [0.717, 1.165) is 5.56 Å². The highest BCUT2D eigenvalue weighted by Gasteiger charge is 2.33. The molecular formula is C17H18F3N. The average molecular weight is 293 g/mol. The summed E-state index contributed by atoms with van der Waals surface area (Å²) >= 11 is 0. The Kier molecular flexibility index (Phi) is 5.02. The van der Waals surface area contributed by atoms with E-state index in [1.807, 2.05) is 37.3 Å². The molecule has 2 rings (SSSR count). The van der Waals surface area contributed by atoms with Crippen molar-refractivity contribution < 1.29 is 13.2 Å². The smallest absolute Gasteiger partial charge is 0.303 e. The number of halogens is 3. The average Bonchev–Trinajstić information content (AvgIpc) is 2.47. The minimum Gasteiger partial charge on any atom is -0.303 e. The Balaban J connectivity index is 2.16. The van der Waals surface area contributed by atoms with Crippen molar-refractivity contribution in [2.45, 2.75) is 31.6 Å². The van der Waals surface area contributed by atoms with E-state index in [4.69, 9.17) is 0 Å². The molecule has 0 radical (unpaired) electrons. The SMILES string of the molecule is C[C@H](NC(CC(F)(F)F)c1ccccc1)c1ccccc1. The van der Waals surface area contributed by atoms with Crippen LogP contribution in [0.25, 0.3) is 0 Å². The normalized spacial score (nSPS) is 14.7. The van der Waals surface area contributed by atoms with Crippen molar-refractivity contribution in [3.8, 4) is 0 Å². The highest BCUT2D eigenvalue weighted by atomic mass is 19.4. The second-order valence-corrected chi connectivity index (χ2v) is 5.08. The van der Waals surface area contributed by atoms with Crippen LogP contribution in [0, 0.1) is 0 Å². The molecule has 0 aliphatic heterocycles. The first-order valence-corrected chi connectivity index (χ1v) is 6.88. The lowest BCUT2D eigenvalue weighted by molar-refractivity contribution is -0.140. The highest BCUT2D eigenvalue weighted by Crippen LogP contribution is 2.31. The minimum absolute atomic E-state index is 0.154. The first kappa shape index (κ1) is 15.6. The van der Waals surface area contributed by atoms with Crippen LogP contribution in [0.1, 0.15) is 36.6 Å². The molecule has 0 heterocycles. The van der Waals surface area contributed by atoms with E-state index in [9.17, 15) is 13.2 Å². The van der Waals surface area contributed by atoms with Crippen LogP contribution in [0.5, 0.6) is 0 Å². The van der Waals surface area contributed by atoms with Gasteiger partial charge in [-0.1, -0.05) is 60.7 Å². The number of hydrogen-bond acceptors (Lipinski definition) is 1. The Bertz CT molecular complexity index is 537. The van der Waals surface area contributed by atoms with Gasteiger partial charge < -0.3 is 5.32 Å². The van der Waals surface area contributed by atoms with Gasteiger partial charge in [0, 0.05) is 12.1 Å². The number of benzene rings is 2. The molecule has 0 spiro atoms. The Hall–Kier alpha value is -1.81. The van der Waals surface area contributed by atoms with E-state index in [1.54, 1.807) is 30.3 Å². The van der Waals surface area contributed by atoms with Gasteiger partial charge in [-0.3, -0.25) is 0 Å².